The quantitative estimate of drug-likeness (QED) is 0.491. The lowest BCUT2D eigenvalue weighted by Crippen LogP contribution is -2.17. The Morgan fingerprint density at radius 3 is 2.48 bits per heavy atom. The van der Waals surface area contributed by atoms with E-state index in [9.17, 15) is 14.4 Å². The van der Waals surface area contributed by atoms with E-state index in [0.717, 1.165) is 0 Å². The normalized spacial score (nSPS) is 10.0. The number of carbonyl (C=O) groups excluding carboxylic acids is 3. The highest BCUT2D eigenvalue weighted by atomic mass is 16.5. The predicted octanol–water partition coefficient (Wildman–Crippen LogP) is 2.62. The van der Waals surface area contributed by atoms with Crippen molar-refractivity contribution in [2.75, 3.05) is 17.7 Å². The summed E-state index contributed by atoms with van der Waals surface area (Å²) in [6, 6.07) is 10.7. The van der Waals surface area contributed by atoms with Crippen LogP contribution in [0.4, 0.5) is 11.4 Å². The molecule has 0 saturated carbocycles. The molecular formula is C18H18N2O5. The highest BCUT2D eigenvalue weighted by Gasteiger charge is 2.18. The highest BCUT2D eigenvalue weighted by molar-refractivity contribution is 6.09. The van der Waals surface area contributed by atoms with Crippen molar-refractivity contribution in [2.45, 2.75) is 13.8 Å². The molecule has 130 valence electrons. The maximum Gasteiger partial charge on any atom is 0.340 e. The van der Waals surface area contributed by atoms with E-state index in [0.29, 0.717) is 5.69 Å². The SMILES string of the molecule is CCOC(=O)c1ccc(N)cc1NC(=O)c1ccccc1OC(C)=O. The van der Waals surface area contributed by atoms with Gasteiger partial charge in [-0.1, -0.05) is 12.1 Å². The minimum absolute atomic E-state index is 0.120. The summed E-state index contributed by atoms with van der Waals surface area (Å²) < 4.78 is 10.00. The standard InChI is InChI=1S/C18H18N2O5/c1-3-24-18(23)13-9-8-12(19)10-15(13)20-17(22)14-6-4-5-7-16(14)25-11(2)21/h4-10H,3,19H2,1-2H3,(H,20,22). The van der Waals surface area contributed by atoms with Gasteiger partial charge in [-0.3, -0.25) is 9.59 Å². The molecule has 3 N–H and O–H groups in total. The summed E-state index contributed by atoms with van der Waals surface area (Å²) in [5.74, 6) is -1.55. The number of amides is 1. The van der Waals surface area contributed by atoms with Crippen LogP contribution in [-0.2, 0) is 9.53 Å². The average molecular weight is 342 g/mol. The fourth-order valence-corrected chi connectivity index (χ4v) is 2.14. The summed E-state index contributed by atoms with van der Waals surface area (Å²) in [5, 5.41) is 2.61. The van der Waals surface area contributed by atoms with Crippen LogP contribution in [0.3, 0.4) is 0 Å². The van der Waals surface area contributed by atoms with Gasteiger partial charge in [-0.25, -0.2) is 4.79 Å². The molecule has 0 aliphatic heterocycles. The van der Waals surface area contributed by atoms with Crippen LogP contribution in [0.1, 0.15) is 34.6 Å². The van der Waals surface area contributed by atoms with Crippen LogP contribution in [-0.4, -0.2) is 24.5 Å². The molecule has 0 spiro atoms. The van der Waals surface area contributed by atoms with E-state index in [1.807, 2.05) is 0 Å². The van der Waals surface area contributed by atoms with Gasteiger partial charge in [0.25, 0.3) is 5.91 Å². The first kappa shape index (κ1) is 18.0. The number of nitrogen functional groups attached to an aromatic ring is 1. The molecule has 0 bridgehead atoms. The topological polar surface area (TPSA) is 108 Å². The number of esters is 2. The number of carbonyl (C=O) groups is 3. The Morgan fingerprint density at radius 1 is 1.08 bits per heavy atom. The number of hydrogen-bond acceptors (Lipinski definition) is 6. The Morgan fingerprint density at radius 2 is 1.80 bits per heavy atom. The second-order valence-corrected chi connectivity index (χ2v) is 5.07. The molecule has 0 aromatic heterocycles. The predicted molar refractivity (Wildman–Crippen MR) is 92.5 cm³/mol. The molecule has 0 radical (unpaired) electrons. The fraction of sp³-hybridized carbons (Fsp3) is 0.167. The number of anilines is 2. The molecule has 0 saturated heterocycles. The van der Waals surface area contributed by atoms with Gasteiger partial charge in [0.15, 0.2) is 0 Å². The molecule has 2 aromatic rings. The summed E-state index contributed by atoms with van der Waals surface area (Å²) in [6.45, 7) is 3.13. The smallest absolute Gasteiger partial charge is 0.340 e. The molecule has 25 heavy (non-hydrogen) atoms. The van der Waals surface area contributed by atoms with E-state index in [1.54, 1.807) is 19.1 Å². The van der Waals surface area contributed by atoms with Crippen molar-refractivity contribution in [1.82, 2.24) is 0 Å². The van der Waals surface area contributed by atoms with Gasteiger partial charge in [-0.15, -0.1) is 0 Å². The molecule has 7 nitrogen and oxygen atoms in total. The van der Waals surface area contributed by atoms with E-state index in [2.05, 4.69) is 5.32 Å². The summed E-state index contributed by atoms with van der Waals surface area (Å²) in [6.07, 6.45) is 0. The zero-order valence-electron chi connectivity index (χ0n) is 13.9. The number of benzene rings is 2. The van der Waals surface area contributed by atoms with Crippen molar-refractivity contribution in [1.29, 1.82) is 0 Å². The van der Waals surface area contributed by atoms with Crippen LogP contribution in [0.25, 0.3) is 0 Å². The van der Waals surface area contributed by atoms with Gasteiger partial charge >= 0.3 is 11.9 Å². The second kappa shape index (κ2) is 7.96. The maximum atomic E-state index is 12.6. The first-order chi connectivity index (χ1) is 11.9. The molecular weight excluding hydrogens is 324 g/mol. The van der Waals surface area contributed by atoms with Crippen molar-refractivity contribution in [3.63, 3.8) is 0 Å². The molecule has 0 heterocycles. The molecule has 0 aliphatic rings. The van der Waals surface area contributed by atoms with Gasteiger partial charge in [0, 0.05) is 12.6 Å². The Hall–Kier alpha value is -3.35. The zero-order chi connectivity index (χ0) is 18.4. The van der Waals surface area contributed by atoms with Gasteiger partial charge in [-0.2, -0.15) is 0 Å². The molecule has 0 unspecified atom stereocenters. The van der Waals surface area contributed by atoms with E-state index < -0.39 is 17.8 Å². The van der Waals surface area contributed by atoms with Gasteiger partial charge in [0.2, 0.25) is 0 Å². The third-order valence-electron chi connectivity index (χ3n) is 3.17. The van der Waals surface area contributed by atoms with Crippen LogP contribution in [0.5, 0.6) is 5.75 Å². The number of ether oxygens (including phenoxy) is 2. The molecule has 1 amide bonds. The molecule has 2 aromatic carbocycles. The Labute approximate surface area is 144 Å². The van der Waals surface area contributed by atoms with E-state index in [1.165, 1.54) is 37.3 Å². The first-order valence-electron chi connectivity index (χ1n) is 7.57. The van der Waals surface area contributed by atoms with Gasteiger partial charge in [0.05, 0.1) is 23.4 Å². The lowest BCUT2D eigenvalue weighted by Gasteiger charge is -2.13. The summed E-state index contributed by atoms with van der Waals surface area (Å²) in [4.78, 5) is 35.8. The molecule has 0 atom stereocenters. The Bertz CT molecular complexity index is 817. The minimum atomic E-state index is -0.578. The molecule has 0 fully saturated rings. The number of nitrogens with two attached hydrogens (primary N) is 1. The Kier molecular flexibility index (Phi) is 5.73. The van der Waals surface area contributed by atoms with E-state index in [-0.39, 0.29) is 29.2 Å². The van der Waals surface area contributed by atoms with Gasteiger partial charge in [-0.05, 0) is 37.3 Å². The molecule has 0 aliphatic carbocycles. The zero-order valence-corrected chi connectivity index (χ0v) is 13.9. The van der Waals surface area contributed by atoms with Crippen molar-refractivity contribution in [2.24, 2.45) is 0 Å². The van der Waals surface area contributed by atoms with E-state index in [4.69, 9.17) is 15.2 Å². The number of rotatable bonds is 5. The highest BCUT2D eigenvalue weighted by Crippen LogP contribution is 2.24. The number of nitrogens with one attached hydrogen (secondary N) is 1. The average Bonchev–Trinajstić information content (AvgIpc) is 2.55. The second-order valence-electron chi connectivity index (χ2n) is 5.07. The van der Waals surface area contributed by atoms with Crippen LogP contribution >= 0.6 is 0 Å². The van der Waals surface area contributed by atoms with Crippen molar-refractivity contribution < 1.29 is 23.9 Å². The molecule has 2 rings (SSSR count). The third kappa shape index (κ3) is 4.57. The number of para-hydroxylation sites is 1. The van der Waals surface area contributed by atoms with Crippen molar-refractivity contribution >= 4 is 29.2 Å². The number of hydrogen-bond donors (Lipinski definition) is 2. The third-order valence-corrected chi connectivity index (χ3v) is 3.17. The maximum absolute atomic E-state index is 12.6. The van der Waals surface area contributed by atoms with Crippen molar-refractivity contribution in [3.8, 4) is 5.75 Å². The van der Waals surface area contributed by atoms with E-state index >= 15 is 0 Å². The van der Waals surface area contributed by atoms with Gasteiger partial charge < -0.3 is 20.5 Å². The van der Waals surface area contributed by atoms with Crippen LogP contribution < -0.4 is 15.8 Å². The first-order valence-corrected chi connectivity index (χ1v) is 7.57. The van der Waals surface area contributed by atoms with Crippen LogP contribution in [0, 0.1) is 0 Å². The summed E-state index contributed by atoms with van der Waals surface area (Å²) >= 11 is 0. The van der Waals surface area contributed by atoms with Gasteiger partial charge in [0.1, 0.15) is 5.75 Å². The Balaban J connectivity index is 2.34. The minimum Gasteiger partial charge on any atom is -0.462 e. The fourth-order valence-electron chi connectivity index (χ4n) is 2.14. The van der Waals surface area contributed by atoms with Crippen molar-refractivity contribution in [3.05, 3.63) is 53.6 Å². The van der Waals surface area contributed by atoms with Crippen LogP contribution in [0.15, 0.2) is 42.5 Å². The summed E-state index contributed by atoms with van der Waals surface area (Å²) in [7, 11) is 0. The lowest BCUT2D eigenvalue weighted by atomic mass is 10.1. The van der Waals surface area contributed by atoms with Crippen LogP contribution in [0.2, 0.25) is 0 Å². The monoisotopic (exact) mass is 342 g/mol. The molecule has 7 heteroatoms. The summed E-state index contributed by atoms with van der Waals surface area (Å²) in [5.41, 5.74) is 6.64. The lowest BCUT2D eigenvalue weighted by molar-refractivity contribution is -0.131. The largest absolute Gasteiger partial charge is 0.462 e.